The lowest BCUT2D eigenvalue weighted by molar-refractivity contribution is 0.0945. The highest BCUT2D eigenvalue weighted by Crippen LogP contribution is 2.35. The van der Waals surface area contributed by atoms with Crippen molar-refractivity contribution in [3.8, 4) is 0 Å². The first kappa shape index (κ1) is 10.4. The number of nitrogens with two attached hydrogens (primary N) is 1. The smallest absolute Gasteiger partial charge is 0.0540 e. The molecule has 0 saturated heterocycles. The Hall–Kier alpha value is -0.0800. The lowest BCUT2D eigenvalue weighted by Crippen LogP contribution is -2.39. The van der Waals surface area contributed by atoms with Crippen LogP contribution >= 0.6 is 0 Å². The molecule has 0 aliphatic heterocycles. The van der Waals surface area contributed by atoms with Gasteiger partial charge in [0.1, 0.15) is 0 Å². The zero-order valence-corrected chi connectivity index (χ0v) is 8.99. The first-order valence-electron chi connectivity index (χ1n) is 6.21. The molecule has 0 aromatic rings. The average Bonchev–Trinajstić information content (AvgIpc) is 2.71. The summed E-state index contributed by atoms with van der Waals surface area (Å²) in [6.45, 7) is 0. The van der Waals surface area contributed by atoms with E-state index in [2.05, 4.69) is 0 Å². The summed E-state index contributed by atoms with van der Waals surface area (Å²) in [5, 5.41) is 9.43. The molecule has 2 nitrogen and oxygen atoms in total. The molecular weight excluding hydrogens is 174 g/mol. The van der Waals surface area contributed by atoms with Crippen LogP contribution in [0.4, 0.5) is 0 Å². The summed E-state index contributed by atoms with van der Waals surface area (Å²) in [6.07, 6.45) is 9.68. The molecule has 0 radical (unpaired) electrons. The molecule has 82 valence electrons. The molecule has 0 aromatic carbocycles. The van der Waals surface area contributed by atoms with Crippen molar-refractivity contribution in [2.45, 2.75) is 63.5 Å². The third kappa shape index (κ3) is 2.29. The molecule has 14 heavy (non-hydrogen) atoms. The van der Waals surface area contributed by atoms with Gasteiger partial charge in [-0.05, 0) is 50.4 Å². The van der Waals surface area contributed by atoms with Gasteiger partial charge < -0.3 is 10.8 Å². The second kappa shape index (κ2) is 4.63. The van der Waals surface area contributed by atoms with Crippen molar-refractivity contribution in [3.63, 3.8) is 0 Å². The first-order valence-corrected chi connectivity index (χ1v) is 6.21. The zero-order valence-electron chi connectivity index (χ0n) is 8.99. The first-order chi connectivity index (χ1) is 6.77. The molecule has 1 atom stereocenters. The highest BCUT2D eigenvalue weighted by molar-refractivity contribution is 4.86. The molecule has 2 fully saturated rings. The minimum absolute atomic E-state index is 0.0398. The van der Waals surface area contributed by atoms with Gasteiger partial charge in [-0.1, -0.05) is 12.8 Å². The van der Waals surface area contributed by atoms with Gasteiger partial charge in [0.15, 0.2) is 0 Å². The molecule has 0 aromatic heterocycles. The van der Waals surface area contributed by atoms with Crippen LogP contribution in [0.3, 0.4) is 0 Å². The van der Waals surface area contributed by atoms with E-state index < -0.39 is 0 Å². The predicted octanol–water partition coefficient (Wildman–Crippen LogP) is 2.05. The molecule has 2 rings (SSSR count). The quantitative estimate of drug-likeness (QED) is 0.711. The third-order valence-electron chi connectivity index (χ3n) is 4.23. The minimum atomic E-state index is -0.0398. The molecule has 2 heteroatoms. The van der Waals surface area contributed by atoms with Gasteiger partial charge >= 0.3 is 0 Å². The van der Waals surface area contributed by atoms with E-state index in [9.17, 15) is 5.11 Å². The van der Waals surface area contributed by atoms with Crippen LogP contribution in [-0.2, 0) is 0 Å². The summed E-state index contributed by atoms with van der Waals surface area (Å²) in [5.74, 6) is 1.48. The lowest BCUT2D eigenvalue weighted by atomic mass is 9.78. The van der Waals surface area contributed by atoms with Gasteiger partial charge in [0.05, 0.1) is 6.10 Å². The summed E-state index contributed by atoms with van der Waals surface area (Å²) in [4.78, 5) is 0. The van der Waals surface area contributed by atoms with E-state index in [4.69, 9.17) is 5.73 Å². The highest BCUT2D eigenvalue weighted by atomic mass is 16.3. The van der Waals surface area contributed by atoms with E-state index >= 15 is 0 Å². The molecule has 2 aliphatic carbocycles. The van der Waals surface area contributed by atoms with Crippen molar-refractivity contribution < 1.29 is 5.11 Å². The Morgan fingerprint density at radius 2 is 1.36 bits per heavy atom. The van der Waals surface area contributed by atoms with Crippen molar-refractivity contribution in [3.05, 3.63) is 0 Å². The zero-order chi connectivity index (χ0) is 9.97. The SMILES string of the molecule is NC(C1CCCC1)C1CCC(O)CC1. The maximum atomic E-state index is 9.43. The van der Waals surface area contributed by atoms with E-state index in [0.717, 1.165) is 31.6 Å². The molecule has 2 aliphatic rings. The summed E-state index contributed by atoms with van der Waals surface area (Å²) >= 11 is 0. The van der Waals surface area contributed by atoms with Crippen molar-refractivity contribution in [1.82, 2.24) is 0 Å². The van der Waals surface area contributed by atoms with Gasteiger partial charge in [0, 0.05) is 6.04 Å². The van der Waals surface area contributed by atoms with E-state index in [1.165, 1.54) is 25.7 Å². The molecule has 3 N–H and O–H groups in total. The van der Waals surface area contributed by atoms with Gasteiger partial charge in [0.25, 0.3) is 0 Å². The second-order valence-corrected chi connectivity index (χ2v) is 5.19. The Bertz CT molecular complexity index is 169. The van der Waals surface area contributed by atoms with Gasteiger partial charge in [-0.3, -0.25) is 0 Å². The Morgan fingerprint density at radius 1 is 0.857 bits per heavy atom. The molecule has 1 unspecified atom stereocenters. The van der Waals surface area contributed by atoms with Crippen LogP contribution in [0.15, 0.2) is 0 Å². The fourth-order valence-electron chi connectivity index (χ4n) is 3.21. The minimum Gasteiger partial charge on any atom is -0.393 e. The van der Waals surface area contributed by atoms with Gasteiger partial charge in [-0.2, -0.15) is 0 Å². The van der Waals surface area contributed by atoms with Crippen molar-refractivity contribution >= 4 is 0 Å². The third-order valence-corrected chi connectivity index (χ3v) is 4.23. The van der Waals surface area contributed by atoms with Crippen LogP contribution in [0.5, 0.6) is 0 Å². The van der Waals surface area contributed by atoms with Crippen LogP contribution in [0.25, 0.3) is 0 Å². The van der Waals surface area contributed by atoms with E-state index in [1.807, 2.05) is 0 Å². The standard InChI is InChI=1S/C12H23NO/c13-12(9-3-1-2-4-9)10-5-7-11(14)8-6-10/h9-12,14H,1-8,13H2. The van der Waals surface area contributed by atoms with Crippen molar-refractivity contribution in [2.24, 2.45) is 17.6 Å². The lowest BCUT2D eigenvalue weighted by Gasteiger charge is -2.33. The Balaban J connectivity index is 1.82. The van der Waals surface area contributed by atoms with Gasteiger partial charge in [0.2, 0.25) is 0 Å². The summed E-state index contributed by atoms with van der Waals surface area (Å²) < 4.78 is 0. The topological polar surface area (TPSA) is 46.2 Å². The molecule has 0 spiro atoms. The average molecular weight is 197 g/mol. The predicted molar refractivity (Wildman–Crippen MR) is 57.9 cm³/mol. The maximum absolute atomic E-state index is 9.43. The number of hydrogen-bond donors (Lipinski definition) is 2. The van der Waals surface area contributed by atoms with Crippen LogP contribution in [0, 0.1) is 11.8 Å². The number of hydrogen-bond acceptors (Lipinski definition) is 2. The summed E-state index contributed by atoms with van der Waals surface area (Å²) in [7, 11) is 0. The second-order valence-electron chi connectivity index (χ2n) is 5.19. The summed E-state index contributed by atoms with van der Waals surface area (Å²) in [5.41, 5.74) is 6.32. The Kier molecular flexibility index (Phi) is 3.45. The van der Waals surface area contributed by atoms with Gasteiger partial charge in [-0.15, -0.1) is 0 Å². The molecule has 0 bridgehead atoms. The Morgan fingerprint density at radius 3 is 1.93 bits per heavy atom. The monoisotopic (exact) mass is 197 g/mol. The molecular formula is C12H23NO. The van der Waals surface area contributed by atoms with Gasteiger partial charge in [-0.25, -0.2) is 0 Å². The largest absolute Gasteiger partial charge is 0.393 e. The maximum Gasteiger partial charge on any atom is 0.0540 e. The van der Waals surface area contributed by atoms with E-state index in [-0.39, 0.29) is 6.10 Å². The molecule has 0 heterocycles. The van der Waals surface area contributed by atoms with Crippen molar-refractivity contribution in [2.75, 3.05) is 0 Å². The molecule has 0 amide bonds. The van der Waals surface area contributed by atoms with Crippen molar-refractivity contribution in [1.29, 1.82) is 0 Å². The normalized spacial score (nSPS) is 37.3. The highest BCUT2D eigenvalue weighted by Gasteiger charge is 2.30. The molecule has 2 saturated carbocycles. The fraction of sp³-hybridized carbons (Fsp3) is 1.00. The van der Waals surface area contributed by atoms with E-state index in [0.29, 0.717) is 12.0 Å². The van der Waals surface area contributed by atoms with Crippen LogP contribution in [-0.4, -0.2) is 17.3 Å². The number of aliphatic hydroxyl groups is 1. The summed E-state index contributed by atoms with van der Waals surface area (Å²) in [6, 6.07) is 0.421. The Labute approximate surface area is 86.9 Å². The fourth-order valence-corrected chi connectivity index (χ4v) is 3.21. The number of aliphatic hydroxyl groups excluding tert-OH is 1. The van der Waals surface area contributed by atoms with Crippen LogP contribution in [0.1, 0.15) is 51.4 Å². The van der Waals surface area contributed by atoms with Crippen LogP contribution < -0.4 is 5.73 Å². The number of rotatable bonds is 2. The van der Waals surface area contributed by atoms with E-state index in [1.54, 1.807) is 0 Å². The van der Waals surface area contributed by atoms with Crippen LogP contribution in [0.2, 0.25) is 0 Å².